The number of hydrogen-bond acceptors (Lipinski definition) is 6. The molecule has 0 heterocycles. The lowest BCUT2D eigenvalue weighted by Crippen LogP contribution is -2.45. The molecule has 112 valence electrons. The molecule has 1 aromatic carbocycles. The molecule has 4 atom stereocenters. The van der Waals surface area contributed by atoms with E-state index in [9.17, 15) is 25.2 Å². The van der Waals surface area contributed by atoms with Crippen LogP contribution < -0.4 is 0 Å². The normalized spacial score (nSPS) is 17.1. The Kier molecular flexibility index (Phi) is 6.38. The van der Waals surface area contributed by atoms with Crippen molar-refractivity contribution in [2.24, 2.45) is 0 Å². The van der Waals surface area contributed by atoms with Crippen LogP contribution in [0.25, 0.3) is 0 Å². The molecule has 0 aliphatic heterocycles. The van der Waals surface area contributed by atoms with E-state index in [2.05, 4.69) is 4.74 Å². The Morgan fingerprint density at radius 1 is 1.15 bits per heavy atom. The number of carbonyl (C=O) groups excluding carboxylic acids is 1. The lowest BCUT2D eigenvalue weighted by molar-refractivity contribution is -0.168. The third kappa shape index (κ3) is 4.16. The van der Waals surface area contributed by atoms with E-state index in [0.29, 0.717) is 5.02 Å². The second-order valence-electron chi connectivity index (χ2n) is 4.17. The Balaban J connectivity index is 2.74. The zero-order valence-electron chi connectivity index (χ0n) is 10.8. The predicted octanol–water partition coefficient (Wildman–Crippen LogP) is 0.0192. The van der Waals surface area contributed by atoms with Crippen LogP contribution in [0.2, 0.25) is 5.02 Å². The van der Waals surface area contributed by atoms with E-state index in [-0.39, 0.29) is 12.2 Å². The van der Waals surface area contributed by atoms with E-state index in [1.165, 1.54) is 31.2 Å². The molecule has 7 heteroatoms. The Bertz CT molecular complexity index is 435. The molecule has 1 aromatic rings. The highest BCUT2D eigenvalue weighted by Gasteiger charge is 2.35. The van der Waals surface area contributed by atoms with Gasteiger partial charge in [-0.05, 0) is 24.6 Å². The van der Waals surface area contributed by atoms with Crippen LogP contribution in [-0.4, -0.2) is 51.3 Å². The van der Waals surface area contributed by atoms with Crippen molar-refractivity contribution in [1.82, 2.24) is 0 Å². The largest absolute Gasteiger partial charge is 0.464 e. The van der Waals surface area contributed by atoms with E-state index in [1.807, 2.05) is 0 Å². The number of halogens is 1. The summed E-state index contributed by atoms with van der Waals surface area (Å²) in [6.45, 7) is 1.56. The topological polar surface area (TPSA) is 107 Å². The molecular formula is C13H17ClO6. The number of esters is 1. The predicted molar refractivity (Wildman–Crippen MR) is 71.1 cm³/mol. The van der Waals surface area contributed by atoms with Gasteiger partial charge in [0, 0.05) is 5.02 Å². The Morgan fingerprint density at radius 2 is 1.70 bits per heavy atom. The lowest BCUT2D eigenvalue weighted by atomic mass is 9.97. The van der Waals surface area contributed by atoms with Crippen LogP contribution in [0.3, 0.4) is 0 Å². The van der Waals surface area contributed by atoms with Crippen LogP contribution in [0.4, 0.5) is 0 Å². The number of aliphatic hydroxyl groups excluding tert-OH is 4. The highest BCUT2D eigenvalue weighted by Crippen LogP contribution is 2.22. The molecule has 0 aromatic heterocycles. The van der Waals surface area contributed by atoms with Crippen LogP contribution in [0.1, 0.15) is 18.6 Å². The van der Waals surface area contributed by atoms with Crippen molar-refractivity contribution < 1.29 is 30.0 Å². The average Bonchev–Trinajstić information content (AvgIpc) is 2.45. The molecule has 0 saturated carbocycles. The summed E-state index contributed by atoms with van der Waals surface area (Å²) in [5.41, 5.74) is 0.289. The standard InChI is InChI=1S/C13H17ClO6/c1-2-20-13(19)12(18)11(17)10(16)9(15)7-3-5-8(14)6-4-7/h3-6,9-12,15-18H,2H2,1H3/t9-,10+,11-,12+/m0/s1. The number of benzene rings is 1. The molecule has 1 rings (SSSR count). The van der Waals surface area contributed by atoms with Crippen molar-refractivity contribution in [3.8, 4) is 0 Å². The first-order valence-electron chi connectivity index (χ1n) is 6.02. The molecule has 0 aliphatic carbocycles. The van der Waals surface area contributed by atoms with Crippen molar-refractivity contribution in [2.45, 2.75) is 31.3 Å². The molecule has 0 unspecified atom stereocenters. The first kappa shape index (κ1) is 16.9. The molecule has 0 bridgehead atoms. The molecule has 0 fully saturated rings. The Labute approximate surface area is 121 Å². The minimum absolute atomic E-state index is 0.0262. The molecule has 0 spiro atoms. The summed E-state index contributed by atoms with van der Waals surface area (Å²) in [4.78, 5) is 11.3. The average molecular weight is 305 g/mol. The summed E-state index contributed by atoms with van der Waals surface area (Å²) in [5.74, 6) is -1.07. The third-order valence-corrected chi connectivity index (χ3v) is 2.99. The first-order chi connectivity index (χ1) is 9.38. The van der Waals surface area contributed by atoms with Crippen molar-refractivity contribution >= 4 is 17.6 Å². The summed E-state index contributed by atoms with van der Waals surface area (Å²) in [7, 11) is 0. The maximum atomic E-state index is 11.3. The van der Waals surface area contributed by atoms with E-state index in [0.717, 1.165) is 0 Å². The number of carbonyl (C=O) groups is 1. The van der Waals surface area contributed by atoms with Crippen LogP contribution in [0.5, 0.6) is 0 Å². The molecule has 20 heavy (non-hydrogen) atoms. The smallest absolute Gasteiger partial charge is 0.337 e. The molecule has 4 N–H and O–H groups in total. The van der Waals surface area contributed by atoms with E-state index in [4.69, 9.17) is 11.6 Å². The zero-order valence-corrected chi connectivity index (χ0v) is 11.6. The van der Waals surface area contributed by atoms with Gasteiger partial charge in [0.25, 0.3) is 0 Å². The van der Waals surface area contributed by atoms with Crippen LogP contribution >= 0.6 is 11.6 Å². The Morgan fingerprint density at radius 3 is 2.20 bits per heavy atom. The van der Waals surface area contributed by atoms with Gasteiger partial charge in [-0.15, -0.1) is 0 Å². The van der Waals surface area contributed by atoms with Gasteiger partial charge in [-0.25, -0.2) is 4.79 Å². The van der Waals surface area contributed by atoms with Crippen molar-refractivity contribution in [3.63, 3.8) is 0 Å². The Hall–Kier alpha value is -1.18. The fourth-order valence-corrected chi connectivity index (χ4v) is 1.72. The summed E-state index contributed by atoms with van der Waals surface area (Å²) in [6.07, 6.45) is -7.05. The summed E-state index contributed by atoms with van der Waals surface area (Å²) < 4.78 is 4.52. The SMILES string of the molecule is CCOC(=O)[C@H](O)[C@@H](O)[C@H](O)[C@@H](O)c1ccc(Cl)cc1. The zero-order chi connectivity index (χ0) is 15.3. The third-order valence-electron chi connectivity index (χ3n) is 2.74. The molecule has 0 radical (unpaired) electrons. The summed E-state index contributed by atoms with van der Waals surface area (Å²) in [5, 5.41) is 39.3. The van der Waals surface area contributed by atoms with E-state index in [1.54, 1.807) is 0 Å². The van der Waals surface area contributed by atoms with Gasteiger partial charge >= 0.3 is 5.97 Å². The molecule has 0 saturated heterocycles. The fraction of sp³-hybridized carbons (Fsp3) is 0.462. The van der Waals surface area contributed by atoms with Gasteiger partial charge in [0.1, 0.15) is 18.3 Å². The summed E-state index contributed by atoms with van der Waals surface area (Å²) >= 11 is 5.69. The maximum absolute atomic E-state index is 11.3. The number of ether oxygens (including phenoxy) is 1. The molecule has 0 amide bonds. The van der Waals surface area contributed by atoms with E-state index < -0.39 is 30.4 Å². The highest BCUT2D eigenvalue weighted by atomic mass is 35.5. The van der Waals surface area contributed by atoms with Gasteiger partial charge in [0.05, 0.1) is 6.61 Å². The van der Waals surface area contributed by atoms with Crippen LogP contribution in [0.15, 0.2) is 24.3 Å². The van der Waals surface area contributed by atoms with Gasteiger partial charge < -0.3 is 25.2 Å². The molecule has 6 nitrogen and oxygen atoms in total. The van der Waals surface area contributed by atoms with E-state index >= 15 is 0 Å². The van der Waals surface area contributed by atoms with Gasteiger partial charge in [-0.1, -0.05) is 23.7 Å². The minimum Gasteiger partial charge on any atom is -0.464 e. The van der Waals surface area contributed by atoms with Crippen molar-refractivity contribution in [3.05, 3.63) is 34.9 Å². The summed E-state index contributed by atoms with van der Waals surface area (Å²) in [6, 6.07) is 5.92. The van der Waals surface area contributed by atoms with Crippen molar-refractivity contribution in [2.75, 3.05) is 6.61 Å². The lowest BCUT2D eigenvalue weighted by Gasteiger charge is -2.25. The quantitative estimate of drug-likeness (QED) is 0.552. The highest BCUT2D eigenvalue weighted by molar-refractivity contribution is 6.30. The number of rotatable bonds is 6. The minimum atomic E-state index is -1.94. The second-order valence-corrected chi connectivity index (χ2v) is 4.61. The van der Waals surface area contributed by atoms with Gasteiger partial charge in [-0.3, -0.25) is 0 Å². The number of aliphatic hydroxyl groups is 4. The van der Waals surface area contributed by atoms with Crippen LogP contribution in [0, 0.1) is 0 Å². The second kappa shape index (κ2) is 7.56. The monoisotopic (exact) mass is 304 g/mol. The van der Waals surface area contributed by atoms with Crippen LogP contribution in [-0.2, 0) is 9.53 Å². The maximum Gasteiger partial charge on any atom is 0.337 e. The van der Waals surface area contributed by atoms with Gasteiger partial charge in [0.2, 0.25) is 0 Å². The van der Waals surface area contributed by atoms with Gasteiger partial charge in [-0.2, -0.15) is 0 Å². The fourth-order valence-electron chi connectivity index (χ4n) is 1.60. The molecule has 0 aliphatic rings. The molecular weight excluding hydrogens is 288 g/mol. The van der Waals surface area contributed by atoms with Gasteiger partial charge in [0.15, 0.2) is 6.10 Å². The first-order valence-corrected chi connectivity index (χ1v) is 6.40. The van der Waals surface area contributed by atoms with Crippen molar-refractivity contribution in [1.29, 1.82) is 0 Å². The number of hydrogen-bond donors (Lipinski definition) is 4.